The van der Waals surface area contributed by atoms with Gasteiger partial charge in [0.1, 0.15) is 5.76 Å². The Morgan fingerprint density at radius 3 is 2.64 bits per heavy atom. The van der Waals surface area contributed by atoms with E-state index in [1.165, 1.54) is 0 Å². The lowest BCUT2D eigenvalue weighted by Gasteiger charge is -2.25. The van der Waals surface area contributed by atoms with Crippen LogP contribution in [0, 0.1) is 5.92 Å². The Kier molecular flexibility index (Phi) is 2.72. The molecule has 0 bridgehead atoms. The highest BCUT2D eigenvalue weighted by molar-refractivity contribution is 5.03. The van der Waals surface area contributed by atoms with Gasteiger partial charge >= 0.3 is 0 Å². The average molecular weight is 196 g/mol. The van der Waals surface area contributed by atoms with Crippen LogP contribution in [-0.4, -0.2) is 11.7 Å². The van der Waals surface area contributed by atoms with Gasteiger partial charge in [0.15, 0.2) is 0 Å². The van der Waals surface area contributed by atoms with Crippen molar-refractivity contribution < 1.29 is 4.52 Å². The fraction of sp³-hybridized carbons (Fsp3) is 0.700. The SMILES string of the molecule is NCC1CCC(c2cc(=O)[nH]o2)CC1. The number of hydrogen-bond acceptors (Lipinski definition) is 3. The fourth-order valence-electron chi connectivity index (χ4n) is 2.18. The number of nitrogens with two attached hydrogens (primary N) is 1. The molecule has 1 saturated carbocycles. The van der Waals surface area contributed by atoms with Crippen molar-refractivity contribution >= 4 is 0 Å². The maximum atomic E-state index is 10.9. The van der Waals surface area contributed by atoms with Crippen LogP contribution in [0.15, 0.2) is 15.4 Å². The zero-order chi connectivity index (χ0) is 9.97. The standard InChI is InChI=1S/C10H16N2O2/c11-6-7-1-3-8(4-2-7)9-5-10(13)12-14-9/h5,7-8H,1-4,6,11H2,(H,12,13). The molecule has 0 unspecified atom stereocenters. The molecule has 1 fully saturated rings. The molecule has 0 saturated heterocycles. The molecule has 14 heavy (non-hydrogen) atoms. The highest BCUT2D eigenvalue weighted by atomic mass is 16.5. The van der Waals surface area contributed by atoms with E-state index in [0.29, 0.717) is 11.8 Å². The van der Waals surface area contributed by atoms with E-state index in [1.807, 2.05) is 0 Å². The summed E-state index contributed by atoms with van der Waals surface area (Å²) in [7, 11) is 0. The van der Waals surface area contributed by atoms with Crippen molar-refractivity contribution in [1.29, 1.82) is 0 Å². The van der Waals surface area contributed by atoms with Crippen molar-refractivity contribution in [3.05, 3.63) is 22.2 Å². The molecule has 1 aliphatic carbocycles. The van der Waals surface area contributed by atoms with E-state index in [4.69, 9.17) is 10.3 Å². The van der Waals surface area contributed by atoms with E-state index < -0.39 is 0 Å². The van der Waals surface area contributed by atoms with Crippen molar-refractivity contribution in [2.75, 3.05) is 6.54 Å². The normalized spacial score (nSPS) is 27.8. The topological polar surface area (TPSA) is 72.0 Å². The summed E-state index contributed by atoms with van der Waals surface area (Å²) in [5, 5.41) is 2.34. The minimum absolute atomic E-state index is 0.138. The molecule has 1 aromatic heterocycles. The van der Waals surface area contributed by atoms with Crippen molar-refractivity contribution in [2.24, 2.45) is 11.7 Å². The Morgan fingerprint density at radius 2 is 2.14 bits per heavy atom. The minimum atomic E-state index is -0.138. The summed E-state index contributed by atoms with van der Waals surface area (Å²) in [6.45, 7) is 0.782. The molecule has 0 spiro atoms. The van der Waals surface area contributed by atoms with Gasteiger partial charge in [-0.05, 0) is 38.1 Å². The first-order valence-corrected chi connectivity index (χ1v) is 5.18. The third-order valence-corrected chi connectivity index (χ3v) is 3.13. The van der Waals surface area contributed by atoms with Crippen LogP contribution in [0.3, 0.4) is 0 Å². The Morgan fingerprint density at radius 1 is 1.43 bits per heavy atom. The summed E-state index contributed by atoms with van der Waals surface area (Å²) in [4.78, 5) is 10.9. The largest absolute Gasteiger partial charge is 0.383 e. The monoisotopic (exact) mass is 196 g/mol. The Balaban J connectivity index is 1.98. The van der Waals surface area contributed by atoms with Gasteiger partial charge in [-0.2, -0.15) is 5.16 Å². The van der Waals surface area contributed by atoms with E-state index >= 15 is 0 Å². The minimum Gasteiger partial charge on any atom is -0.383 e. The predicted octanol–water partition coefficient (Wildman–Crippen LogP) is 1.20. The molecule has 1 aliphatic rings. The molecule has 3 N–H and O–H groups in total. The van der Waals surface area contributed by atoms with Gasteiger partial charge in [-0.15, -0.1) is 0 Å². The van der Waals surface area contributed by atoms with Gasteiger partial charge in [-0.3, -0.25) is 4.79 Å². The molecule has 0 aliphatic heterocycles. The van der Waals surface area contributed by atoms with E-state index in [0.717, 1.165) is 38.0 Å². The van der Waals surface area contributed by atoms with Gasteiger partial charge in [0.05, 0.1) is 0 Å². The number of aromatic amines is 1. The van der Waals surface area contributed by atoms with Crippen LogP contribution in [-0.2, 0) is 0 Å². The summed E-state index contributed by atoms with van der Waals surface area (Å²) in [5.74, 6) is 1.89. The van der Waals surface area contributed by atoms with E-state index in [9.17, 15) is 4.79 Å². The first-order chi connectivity index (χ1) is 6.79. The number of nitrogens with one attached hydrogen (secondary N) is 1. The molecule has 1 aromatic rings. The second-order valence-corrected chi connectivity index (χ2v) is 4.07. The van der Waals surface area contributed by atoms with E-state index in [1.54, 1.807) is 6.07 Å². The number of H-pyrrole nitrogens is 1. The lowest BCUT2D eigenvalue weighted by atomic mass is 9.81. The van der Waals surface area contributed by atoms with E-state index in [-0.39, 0.29) is 5.56 Å². The van der Waals surface area contributed by atoms with Crippen LogP contribution < -0.4 is 11.3 Å². The fourth-order valence-corrected chi connectivity index (χ4v) is 2.18. The van der Waals surface area contributed by atoms with Crippen LogP contribution in [0.25, 0.3) is 0 Å². The van der Waals surface area contributed by atoms with Crippen molar-refractivity contribution in [3.63, 3.8) is 0 Å². The van der Waals surface area contributed by atoms with Crippen molar-refractivity contribution in [1.82, 2.24) is 5.16 Å². The number of rotatable bonds is 2. The van der Waals surface area contributed by atoms with E-state index in [2.05, 4.69) is 5.16 Å². The molecule has 0 aromatic carbocycles. The number of aromatic nitrogens is 1. The lowest BCUT2D eigenvalue weighted by molar-refractivity contribution is 0.279. The average Bonchev–Trinajstić information content (AvgIpc) is 2.65. The third kappa shape index (κ3) is 1.90. The second kappa shape index (κ2) is 4.00. The third-order valence-electron chi connectivity index (χ3n) is 3.13. The second-order valence-electron chi connectivity index (χ2n) is 4.07. The van der Waals surface area contributed by atoms with Gasteiger partial charge in [0.2, 0.25) is 0 Å². The highest BCUT2D eigenvalue weighted by Crippen LogP contribution is 2.34. The Bertz CT molecular complexity index is 334. The summed E-state index contributed by atoms with van der Waals surface area (Å²) in [5.41, 5.74) is 5.47. The molecule has 78 valence electrons. The van der Waals surface area contributed by atoms with Crippen LogP contribution in [0.5, 0.6) is 0 Å². The number of hydrogen-bond donors (Lipinski definition) is 2. The first-order valence-electron chi connectivity index (χ1n) is 5.18. The molecule has 2 rings (SSSR count). The highest BCUT2D eigenvalue weighted by Gasteiger charge is 2.23. The first kappa shape index (κ1) is 9.52. The van der Waals surface area contributed by atoms with Crippen molar-refractivity contribution in [3.8, 4) is 0 Å². The van der Waals surface area contributed by atoms with Gasteiger partial charge < -0.3 is 10.3 Å². The molecular formula is C10H16N2O2. The van der Waals surface area contributed by atoms with Gasteiger partial charge in [0.25, 0.3) is 5.56 Å². The summed E-state index contributed by atoms with van der Waals surface area (Å²) in [6, 6.07) is 1.56. The Hall–Kier alpha value is -1.03. The van der Waals surface area contributed by atoms with Crippen molar-refractivity contribution in [2.45, 2.75) is 31.6 Å². The maximum Gasteiger partial charge on any atom is 0.280 e. The van der Waals surface area contributed by atoms with Crippen LogP contribution >= 0.6 is 0 Å². The zero-order valence-electron chi connectivity index (χ0n) is 8.16. The lowest BCUT2D eigenvalue weighted by Crippen LogP contribution is -2.20. The summed E-state index contributed by atoms with van der Waals surface area (Å²) in [6.07, 6.45) is 4.47. The van der Waals surface area contributed by atoms with Gasteiger partial charge in [-0.25, -0.2) is 0 Å². The summed E-state index contributed by atoms with van der Waals surface area (Å²) < 4.78 is 5.10. The van der Waals surface area contributed by atoms with Crippen LogP contribution in [0.2, 0.25) is 0 Å². The zero-order valence-corrected chi connectivity index (χ0v) is 8.16. The molecule has 0 amide bonds. The molecule has 0 radical (unpaired) electrons. The maximum absolute atomic E-state index is 10.9. The van der Waals surface area contributed by atoms with Gasteiger partial charge in [0, 0.05) is 12.0 Å². The quantitative estimate of drug-likeness (QED) is 0.746. The smallest absolute Gasteiger partial charge is 0.280 e. The van der Waals surface area contributed by atoms with Crippen LogP contribution in [0.1, 0.15) is 37.4 Å². The molecule has 4 nitrogen and oxygen atoms in total. The predicted molar refractivity (Wildman–Crippen MR) is 53.1 cm³/mol. The molecular weight excluding hydrogens is 180 g/mol. The Labute approximate surface area is 82.4 Å². The molecule has 4 heteroatoms. The summed E-state index contributed by atoms with van der Waals surface area (Å²) >= 11 is 0. The molecule has 1 heterocycles. The van der Waals surface area contributed by atoms with Crippen LogP contribution in [0.4, 0.5) is 0 Å². The molecule has 0 atom stereocenters. The van der Waals surface area contributed by atoms with Gasteiger partial charge in [-0.1, -0.05) is 0 Å².